The van der Waals surface area contributed by atoms with Crippen LogP contribution in [0.4, 0.5) is 18.0 Å². The van der Waals surface area contributed by atoms with E-state index in [1.807, 2.05) is 0 Å². The van der Waals surface area contributed by atoms with Gasteiger partial charge < -0.3 is 15.0 Å². The van der Waals surface area contributed by atoms with Gasteiger partial charge in [0.15, 0.2) is 0 Å². The Bertz CT molecular complexity index is 982. The second-order valence-electron chi connectivity index (χ2n) is 8.59. The highest BCUT2D eigenvalue weighted by Crippen LogP contribution is 2.39. The van der Waals surface area contributed by atoms with E-state index in [9.17, 15) is 22.8 Å². The average Bonchev–Trinajstić information content (AvgIpc) is 3.08. The van der Waals surface area contributed by atoms with Crippen molar-refractivity contribution >= 4 is 33.6 Å². The summed E-state index contributed by atoms with van der Waals surface area (Å²) in [5.74, 6) is -0.489. The van der Waals surface area contributed by atoms with Gasteiger partial charge >= 0.3 is 12.3 Å². The fourth-order valence-electron chi connectivity index (χ4n) is 3.69. The molecule has 0 aromatic carbocycles. The minimum Gasteiger partial charge on any atom is -0.444 e. The SMILES string of the molecule is CNC(=O)c1csc2c(C(F)(F)F)cc(CC3CCCCN3C(=O)OC(C)(C)C)nc12. The third-order valence-electron chi connectivity index (χ3n) is 5.05. The molecule has 2 amide bonds. The summed E-state index contributed by atoms with van der Waals surface area (Å²) in [5, 5.41) is 3.83. The van der Waals surface area contributed by atoms with Gasteiger partial charge in [0.25, 0.3) is 5.91 Å². The van der Waals surface area contributed by atoms with Gasteiger partial charge in [-0.3, -0.25) is 9.78 Å². The molecule has 0 spiro atoms. The van der Waals surface area contributed by atoms with Crippen molar-refractivity contribution in [3.05, 3.63) is 28.3 Å². The third kappa shape index (κ3) is 5.28. The van der Waals surface area contributed by atoms with Crippen LogP contribution < -0.4 is 5.32 Å². The van der Waals surface area contributed by atoms with Gasteiger partial charge in [-0.2, -0.15) is 13.2 Å². The van der Waals surface area contributed by atoms with Gasteiger partial charge in [-0.05, 0) is 46.1 Å². The Morgan fingerprint density at radius 2 is 2.00 bits per heavy atom. The second-order valence-corrected chi connectivity index (χ2v) is 9.47. The van der Waals surface area contributed by atoms with Gasteiger partial charge in [0.1, 0.15) is 5.60 Å². The number of aromatic nitrogens is 1. The predicted molar refractivity (Wildman–Crippen MR) is 112 cm³/mol. The molecule has 0 aliphatic carbocycles. The summed E-state index contributed by atoms with van der Waals surface area (Å²) in [6, 6.07) is 0.714. The minimum absolute atomic E-state index is 0.0359. The number of halogens is 3. The van der Waals surface area contributed by atoms with E-state index in [4.69, 9.17) is 4.74 Å². The van der Waals surface area contributed by atoms with Crippen molar-refractivity contribution in [1.82, 2.24) is 15.2 Å². The number of alkyl halides is 3. The van der Waals surface area contributed by atoms with Crippen molar-refractivity contribution in [3.63, 3.8) is 0 Å². The van der Waals surface area contributed by atoms with Gasteiger partial charge in [0.05, 0.1) is 21.3 Å². The highest BCUT2D eigenvalue weighted by Gasteiger charge is 2.36. The summed E-state index contributed by atoms with van der Waals surface area (Å²) >= 11 is 0.850. The van der Waals surface area contributed by atoms with E-state index in [0.29, 0.717) is 13.0 Å². The van der Waals surface area contributed by atoms with E-state index in [1.165, 1.54) is 12.4 Å². The Kier molecular flexibility index (Phi) is 6.50. The van der Waals surface area contributed by atoms with E-state index in [-0.39, 0.29) is 33.9 Å². The topological polar surface area (TPSA) is 71.5 Å². The molecule has 170 valence electrons. The van der Waals surface area contributed by atoms with Crippen LogP contribution in [0.25, 0.3) is 10.2 Å². The Morgan fingerprint density at radius 1 is 1.29 bits per heavy atom. The number of fused-ring (bicyclic) bond motifs is 1. The summed E-state index contributed by atoms with van der Waals surface area (Å²) in [6.07, 6.45) is -2.59. The van der Waals surface area contributed by atoms with E-state index in [0.717, 1.165) is 30.2 Å². The highest BCUT2D eigenvalue weighted by molar-refractivity contribution is 7.17. The van der Waals surface area contributed by atoms with Gasteiger partial charge in [0, 0.05) is 37.1 Å². The molecule has 1 fully saturated rings. The van der Waals surface area contributed by atoms with Gasteiger partial charge in [0.2, 0.25) is 0 Å². The van der Waals surface area contributed by atoms with Crippen LogP contribution in [0.3, 0.4) is 0 Å². The third-order valence-corrected chi connectivity index (χ3v) is 6.06. The molecule has 2 aromatic heterocycles. The number of piperidine rings is 1. The van der Waals surface area contributed by atoms with Crippen molar-refractivity contribution < 1.29 is 27.5 Å². The molecule has 1 atom stereocenters. The van der Waals surface area contributed by atoms with Crippen LogP contribution in [0.1, 0.15) is 61.6 Å². The van der Waals surface area contributed by atoms with Gasteiger partial charge in [-0.1, -0.05) is 0 Å². The highest BCUT2D eigenvalue weighted by atomic mass is 32.1. The number of nitrogens with zero attached hydrogens (tertiary/aromatic N) is 2. The second kappa shape index (κ2) is 8.64. The lowest BCUT2D eigenvalue weighted by molar-refractivity contribution is -0.136. The lowest BCUT2D eigenvalue weighted by Gasteiger charge is -2.36. The molecule has 1 N–H and O–H groups in total. The largest absolute Gasteiger partial charge is 0.444 e. The Hall–Kier alpha value is -2.36. The predicted octanol–water partition coefficient (Wildman–Crippen LogP) is 5.01. The van der Waals surface area contributed by atoms with Crippen LogP contribution >= 0.6 is 11.3 Å². The first-order valence-corrected chi connectivity index (χ1v) is 11.0. The first-order valence-electron chi connectivity index (χ1n) is 10.1. The molecule has 1 aliphatic heterocycles. The maximum atomic E-state index is 13.8. The van der Waals surface area contributed by atoms with E-state index < -0.39 is 29.3 Å². The Labute approximate surface area is 182 Å². The summed E-state index contributed by atoms with van der Waals surface area (Å²) in [5.41, 5.74) is -1.13. The number of hydrogen-bond acceptors (Lipinski definition) is 5. The van der Waals surface area contributed by atoms with Crippen LogP contribution in [-0.2, 0) is 17.3 Å². The maximum Gasteiger partial charge on any atom is 0.417 e. The zero-order valence-electron chi connectivity index (χ0n) is 17.9. The van der Waals surface area contributed by atoms with Crippen LogP contribution in [0.2, 0.25) is 0 Å². The molecule has 31 heavy (non-hydrogen) atoms. The van der Waals surface area contributed by atoms with Gasteiger partial charge in [-0.15, -0.1) is 11.3 Å². The number of hydrogen-bond donors (Lipinski definition) is 1. The molecule has 1 unspecified atom stereocenters. The molecule has 6 nitrogen and oxygen atoms in total. The number of amides is 2. The quantitative estimate of drug-likeness (QED) is 0.704. The lowest BCUT2D eigenvalue weighted by Crippen LogP contribution is -2.47. The number of likely N-dealkylation sites (tertiary alicyclic amines) is 1. The fourth-order valence-corrected chi connectivity index (χ4v) is 4.71. The van der Waals surface area contributed by atoms with E-state index >= 15 is 0 Å². The summed E-state index contributed by atoms with van der Waals surface area (Å²) in [7, 11) is 1.42. The number of rotatable bonds is 3. The molecule has 3 rings (SSSR count). The van der Waals surface area contributed by atoms with Crippen molar-refractivity contribution in [1.29, 1.82) is 0 Å². The number of ether oxygens (including phenoxy) is 1. The van der Waals surface area contributed by atoms with Crippen molar-refractivity contribution in [2.24, 2.45) is 0 Å². The number of carbonyl (C=O) groups is 2. The van der Waals surface area contributed by atoms with Crippen LogP contribution in [0.15, 0.2) is 11.4 Å². The molecule has 2 aromatic rings. The Balaban J connectivity index is 1.99. The number of thiophene rings is 1. The van der Waals surface area contributed by atoms with Crippen molar-refractivity contribution in [2.45, 2.75) is 64.3 Å². The molecule has 10 heteroatoms. The normalized spacial score (nSPS) is 17.6. The van der Waals surface area contributed by atoms with Crippen LogP contribution in [-0.4, -0.2) is 47.1 Å². The summed E-state index contributed by atoms with van der Waals surface area (Å²) < 4.78 is 46.7. The zero-order valence-corrected chi connectivity index (χ0v) is 18.7. The van der Waals surface area contributed by atoms with Crippen LogP contribution in [0, 0.1) is 0 Å². The number of nitrogens with one attached hydrogen (secondary N) is 1. The van der Waals surface area contributed by atoms with E-state index in [2.05, 4.69) is 10.3 Å². The minimum atomic E-state index is -4.59. The zero-order chi connectivity index (χ0) is 23.0. The maximum absolute atomic E-state index is 13.8. The van der Waals surface area contributed by atoms with E-state index in [1.54, 1.807) is 25.7 Å². The molecule has 3 heterocycles. The molecular weight excluding hydrogens is 431 g/mol. The molecule has 0 radical (unpaired) electrons. The van der Waals surface area contributed by atoms with Gasteiger partial charge in [-0.25, -0.2) is 4.79 Å². The number of carbonyl (C=O) groups excluding carboxylic acids is 2. The first kappa shape index (κ1) is 23.3. The average molecular weight is 458 g/mol. The molecule has 1 aliphatic rings. The standard InChI is InChI=1S/C21H26F3N3O3S/c1-20(2,3)30-19(29)27-8-6-5-7-13(27)9-12-10-15(21(22,23)24)17-16(26-12)14(11-31-17)18(28)25-4/h10-11,13H,5-9H2,1-4H3,(H,25,28). The fraction of sp³-hybridized carbons (Fsp3) is 0.571. The monoisotopic (exact) mass is 457 g/mol. The number of pyridine rings is 1. The van der Waals surface area contributed by atoms with Crippen LogP contribution in [0.5, 0.6) is 0 Å². The summed E-state index contributed by atoms with van der Waals surface area (Å²) in [6.45, 7) is 5.79. The summed E-state index contributed by atoms with van der Waals surface area (Å²) in [4.78, 5) is 30.8. The molecule has 0 bridgehead atoms. The smallest absolute Gasteiger partial charge is 0.417 e. The molecule has 0 saturated carbocycles. The van der Waals surface area contributed by atoms with Crippen molar-refractivity contribution in [3.8, 4) is 0 Å². The van der Waals surface area contributed by atoms with Crippen molar-refractivity contribution in [2.75, 3.05) is 13.6 Å². The first-order chi connectivity index (χ1) is 14.4. The lowest BCUT2D eigenvalue weighted by atomic mass is 9.97. The molecular formula is C21H26F3N3O3S. The Morgan fingerprint density at radius 3 is 2.61 bits per heavy atom. The molecule has 1 saturated heterocycles.